The minimum atomic E-state index is -0.0997. The first-order valence-electron chi connectivity index (χ1n) is 12.5. The Morgan fingerprint density at radius 1 is 0.556 bits per heavy atom. The molecule has 36 heavy (non-hydrogen) atoms. The van der Waals surface area contributed by atoms with Crippen molar-refractivity contribution in [2.24, 2.45) is 0 Å². The van der Waals surface area contributed by atoms with Crippen LogP contribution in [0.3, 0.4) is 0 Å². The second-order valence-electron chi connectivity index (χ2n) is 10.1. The van der Waals surface area contributed by atoms with Gasteiger partial charge < -0.3 is 4.90 Å². The van der Waals surface area contributed by atoms with Crippen molar-refractivity contribution in [1.82, 2.24) is 4.98 Å². The molecule has 2 heterocycles. The lowest BCUT2D eigenvalue weighted by atomic mass is 9.73. The highest BCUT2D eigenvalue weighted by molar-refractivity contribution is 6.22. The fourth-order valence-corrected chi connectivity index (χ4v) is 6.07. The average molecular weight is 463 g/mol. The molecule has 7 rings (SSSR count). The molecule has 0 saturated carbocycles. The van der Waals surface area contributed by atoms with Crippen LogP contribution >= 0.6 is 0 Å². The number of pyridine rings is 1. The lowest BCUT2D eigenvalue weighted by Crippen LogP contribution is -2.30. The maximum Gasteiger partial charge on any atom is 0.0634 e. The zero-order valence-corrected chi connectivity index (χ0v) is 20.4. The Hall–Kier alpha value is -4.43. The molecular weight excluding hydrogens is 436 g/mol. The Morgan fingerprint density at radius 3 is 1.81 bits per heavy atom. The molecule has 0 aliphatic carbocycles. The van der Waals surface area contributed by atoms with Crippen molar-refractivity contribution in [2.75, 3.05) is 4.90 Å². The average Bonchev–Trinajstić information content (AvgIpc) is 2.93. The third-order valence-corrected chi connectivity index (χ3v) is 7.72. The van der Waals surface area contributed by atoms with Gasteiger partial charge in [-0.1, -0.05) is 105 Å². The Morgan fingerprint density at radius 2 is 1.11 bits per heavy atom. The molecular formula is C34H26N2. The molecule has 0 unspecified atom stereocenters. The summed E-state index contributed by atoms with van der Waals surface area (Å²) in [4.78, 5) is 7.09. The molecule has 1 aromatic heterocycles. The van der Waals surface area contributed by atoms with Crippen LogP contribution in [0.1, 0.15) is 25.0 Å². The Labute approximate surface area is 211 Å². The van der Waals surface area contributed by atoms with Gasteiger partial charge in [0, 0.05) is 28.6 Å². The molecule has 5 aromatic carbocycles. The van der Waals surface area contributed by atoms with Gasteiger partial charge >= 0.3 is 0 Å². The van der Waals surface area contributed by atoms with E-state index in [0.29, 0.717) is 0 Å². The minimum Gasteiger partial charge on any atom is -0.309 e. The third-order valence-electron chi connectivity index (χ3n) is 7.72. The van der Waals surface area contributed by atoms with Crippen LogP contribution in [0.4, 0.5) is 17.1 Å². The molecule has 0 atom stereocenters. The van der Waals surface area contributed by atoms with E-state index in [1.54, 1.807) is 0 Å². The first-order valence-corrected chi connectivity index (χ1v) is 12.5. The molecule has 6 aromatic rings. The summed E-state index contributed by atoms with van der Waals surface area (Å²) in [7, 11) is 0. The lowest BCUT2D eigenvalue weighted by Gasteiger charge is -2.42. The molecule has 172 valence electrons. The van der Waals surface area contributed by atoms with Gasteiger partial charge in [-0.25, -0.2) is 0 Å². The van der Waals surface area contributed by atoms with Crippen molar-refractivity contribution >= 4 is 38.6 Å². The minimum absolute atomic E-state index is 0.0997. The molecule has 2 heteroatoms. The van der Waals surface area contributed by atoms with E-state index >= 15 is 0 Å². The SMILES string of the molecule is CC1(C)c2ccccc2N(c2c3ccccc3c(-c3ccccc3)c3ccncc23)c2ccccc21. The van der Waals surface area contributed by atoms with Crippen LogP contribution in [-0.4, -0.2) is 4.98 Å². The van der Waals surface area contributed by atoms with E-state index in [1.165, 1.54) is 55.5 Å². The molecule has 0 amide bonds. The van der Waals surface area contributed by atoms with Crippen LogP contribution in [0, 0.1) is 0 Å². The zero-order valence-electron chi connectivity index (χ0n) is 20.4. The summed E-state index contributed by atoms with van der Waals surface area (Å²) in [6.45, 7) is 4.66. The topological polar surface area (TPSA) is 16.1 Å². The van der Waals surface area contributed by atoms with Gasteiger partial charge in [0.15, 0.2) is 0 Å². The summed E-state index contributed by atoms with van der Waals surface area (Å²) in [6, 6.07) is 39.4. The summed E-state index contributed by atoms with van der Waals surface area (Å²) >= 11 is 0. The van der Waals surface area contributed by atoms with E-state index in [-0.39, 0.29) is 5.41 Å². The first-order chi connectivity index (χ1) is 17.7. The molecule has 0 spiro atoms. The van der Waals surface area contributed by atoms with Crippen LogP contribution in [0.5, 0.6) is 0 Å². The second kappa shape index (κ2) is 7.79. The summed E-state index contributed by atoms with van der Waals surface area (Å²) in [5.74, 6) is 0. The summed E-state index contributed by atoms with van der Waals surface area (Å²) in [5.41, 5.74) is 8.67. The van der Waals surface area contributed by atoms with E-state index in [1.807, 2.05) is 12.4 Å². The van der Waals surface area contributed by atoms with Crippen molar-refractivity contribution in [1.29, 1.82) is 0 Å². The highest BCUT2D eigenvalue weighted by Crippen LogP contribution is 2.55. The maximum absolute atomic E-state index is 4.62. The van der Waals surface area contributed by atoms with Gasteiger partial charge in [0.25, 0.3) is 0 Å². The predicted molar refractivity (Wildman–Crippen MR) is 151 cm³/mol. The highest BCUT2D eigenvalue weighted by Gasteiger charge is 2.37. The summed E-state index contributed by atoms with van der Waals surface area (Å²) < 4.78 is 0. The molecule has 0 bridgehead atoms. The summed E-state index contributed by atoms with van der Waals surface area (Å²) in [5, 5.41) is 4.84. The zero-order chi connectivity index (χ0) is 24.3. The number of anilines is 3. The quantitative estimate of drug-likeness (QED) is 0.238. The number of hydrogen-bond donors (Lipinski definition) is 0. The highest BCUT2D eigenvalue weighted by atomic mass is 15.2. The van der Waals surface area contributed by atoms with E-state index in [2.05, 4.69) is 133 Å². The Kier molecular flexibility index (Phi) is 4.52. The fraction of sp³-hybridized carbons (Fsp3) is 0.0882. The van der Waals surface area contributed by atoms with Gasteiger partial charge in [-0.3, -0.25) is 4.98 Å². The number of aromatic nitrogens is 1. The van der Waals surface area contributed by atoms with Gasteiger partial charge in [0.05, 0.1) is 17.1 Å². The van der Waals surface area contributed by atoms with Crippen molar-refractivity contribution in [3.05, 3.63) is 133 Å². The normalized spacial score (nSPS) is 14.0. The van der Waals surface area contributed by atoms with Gasteiger partial charge in [-0.2, -0.15) is 0 Å². The number of hydrogen-bond acceptors (Lipinski definition) is 2. The fourth-order valence-electron chi connectivity index (χ4n) is 6.07. The third kappa shape index (κ3) is 2.88. The number of nitrogens with zero attached hydrogens (tertiary/aromatic N) is 2. The van der Waals surface area contributed by atoms with Crippen LogP contribution < -0.4 is 4.90 Å². The molecule has 1 aliphatic rings. The standard InChI is InChI=1S/C34H26N2/c1-34(2)28-16-8-10-18-30(28)36(31-19-11-9-17-29(31)34)33-26-15-7-6-14-24(26)32(23-12-4-3-5-13-23)25-20-21-35-22-27(25)33/h3-22H,1-2H3. The monoisotopic (exact) mass is 462 g/mol. The van der Waals surface area contributed by atoms with E-state index in [4.69, 9.17) is 0 Å². The van der Waals surface area contributed by atoms with Crippen molar-refractivity contribution in [3.8, 4) is 11.1 Å². The Balaban J connectivity index is 1.67. The molecule has 0 fully saturated rings. The largest absolute Gasteiger partial charge is 0.309 e. The van der Waals surface area contributed by atoms with Crippen molar-refractivity contribution < 1.29 is 0 Å². The second-order valence-corrected chi connectivity index (χ2v) is 10.1. The predicted octanol–water partition coefficient (Wildman–Crippen LogP) is 9.16. The Bertz CT molecular complexity index is 1660. The number of fused-ring (bicyclic) bond motifs is 4. The number of para-hydroxylation sites is 2. The van der Waals surface area contributed by atoms with Gasteiger partial charge in [-0.15, -0.1) is 0 Å². The van der Waals surface area contributed by atoms with E-state index in [9.17, 15) is 0 Å². The van der Waals surface area contributed by atoms with Crippen LogP contribution in [0.25, 0.3) is 32.7 Å². The number of rotatable bonds is 2. The van der Waals surface area contributed by atoms with Crippen LogP contribution in [0.2, 0.25) is 0 Å². The lowest BCUT2D eigenvalue weighted by molar-refractivity contribution is 0.632. The van der Waals surface area contributed by atoms with Crippen molar-refractivity contribution in [2.45, 2.75) is 19.3 Å². The van der Waals surface area contributed by atoms with E-state index < -0.39 is 0 Å². The van der Waals surface area contributed by atoms with Gasteiger partial charge in [0.2, 0.25) is 0 Å². The summed E-state index contributed by atoms with van der Waals surface area (Å²) in [6.07, 6.45) is 3.95. The van der Waals surface area contributed by atoms with Crippen molar-refractivity contribution in [3.63, 3.8) is 0 Å². The van der Waals surface area contributed by atoms with E-state index in [0.717, 1.165) is 5.39 Å². The number of benzene rings is 5. The van der Waals surface area contributed by atoms with Gasteiger partial charge in [0.1, 0.15) is 0 Å². The molecule has 0 radical (unpaired) electrons. The molecule has 0 N–H and O–H groups in total. The maximum atomic E-state index is 4.62. The molecule has 2 nitrogen and oxygen atoms in total. The first kappa shape index (κ1) is 20.9. The molecule has 1 aliphatic heterocycles. The van der Waals surface area contributed by atoms with Crippen LogP contribution in [-0.2, 0) is 5.41 Å². The smallest absolute Gasteiger partial charge is 0.0634 e. The van der Waals surface area contributed by atoms with Gasteiger partial charge in [-0.05, 0) is 51.2 Å². The molecule has 0 saturated heterocycles. The van der Waals surface area contributed by atoms with Crippen LogP contribution in [0.15, 0.2) is 122 Å².